The third-order valence-electron chi connectivity index (χ3n) is 8.93. The second kappa shape index (κ2) is 22.4. The molecule has 0 saturated carbocycles. The summed E-state index contributed by atoms with van der Waals surface area (Å²) in [5.41, 5.74) is 2.24. The van der Waals surface area contributed by atoms with Gasteiger partial charge < -0.3 is 19.9 Å². The van der Waals surface area contributed by atoms with Gasteiger partial charge in [-0.3, -0.25) is 18.2 Å². The molecule has 0 saturated heterocycles. The van der Waals surface area contributed by atoms with Crippen LogP contribution >= 0.6 is 0 Å². The van der Waals surface area contributed by atoms with Gasteiger partial charge in [-0.15, -0.1) is 0 Å². The van der Waals surface area contributed by atoms with Crippen molar-refractivity contribution in [2.24, 2.45) is 25.4 Å². The maximum atomic E-state index is 12.1. The van der Waals surface area contributed by atoms with Gasteiger partial charge in [0.25, 0.3) is 46.5 Å². The number of aliphatic hydroxyl groups is 1. The number of amidine groups is 1. The Morgan fingerprint density at radius 3 is 1.30 bits per heavy atom. The first-order valence-corrected chi connectivity index (χ1v) is 22.9. The van der Waals surface area contributed by atoms with Crippen LogP contribution in [0.25, 0.3) is 21.5 Å². The molecule has 328 valence electrons. The first-order valence-electron chi connectivity index (χ1n) is 17.2. The zero-order chi connectivity index (χ0) is 45.5. The molecule has 0 spiro atoms. The van der Waals surface area contributed by atoms with Crippen molar-refractivity contribution in [2.45, 2.75) is 33.4 Å². The molecule has 0 amide bonds. The maximum Gasteiger partial charge on any atom is 0.295 e. The molecular formula is C37H32Li4N6O15S4. The Morgan fingerprint density at radius 1 is 0.500 bits per heavy atom. The van der Waals surface area contributed by atoms with E-state index in [1.165, 1.54) is 68.8 Å². The van der Waals surface area contributed by atoms with Crippen LogP contribution in [0.4, 0.5) is 34.1 Å². The van der Waals surface area contributed by atoms with Crippen molar-refractivity contribution in [3.8, 4) is 11.5 Å². The number of ether oxygens (including phenoxy) is 2. The maximum absolute atomic E-state index is 12.1. The monoisotopic (exact) mass is 956 g/mol. The summed E-state index contributed by atoms with van der Waals surface area (Å²) >= 11 is 0. The number of fused-ring (bicyclic) bond motifs is 2. The average Bonchev–Trinajstić information content (AvgIpc) is 3.17. The van der Waals surface area contributed by atoms with Gasteiger partial charge in [-0.05, 0) is 96.4 Å². The molecule has 0 aliphatic heterocycles. The van der Waals surface area contributed by atoms with Crippen LogP contribution in [0.3, 0.4) is 0 Å². The summed E-state index contributed by atoms with van der Waals surface area (Å²) in [7, 11) is -16.8. The minimum Gasteiger partial charge on any atom is -0.494 e. The fourth-order valence-corrected chi connectivity index (χ4v) is 8.67. The van der Waals surface area contributed by atoms with E-state index in [-0.39, 0.29) is 143 Å². The molecule has 0 atom stereocenters. The summed E-state index contributed by atoms with van der Waals surface area (Å²) in [6.45, 7) is 3.33. The smallest absolute Gasteiger partial charge is 0.295 e. The molecule has 6 rings (SSSR count). The molecule has 0 unspecified atom stereocenters. The standard InChI is InChI=1S/C37H32N6O15S4.4Li/c1-19-9-31(33(57-3)17-29(19)42-40-23-7-5-21-11-25(59(45,46)47)15-35(27(21)13-23)61(51,52)53)38-37(44)39-32-10-20(2)30(18-34(32)58-4)43-41-24-8-6-22-12-26(60(48,49)50)16-36(28(22)14-24)62(54,55)56;;;;/h5-18H,1-4H3,(H2,38,39,44)(H,45,46,47)(H,48,49,50)(H,51,52,53)(H,54,55,56);;;;. The molecule has 0 aliphatic rings. The largest absolute Gasteiger partial charge is 0.494 e. The number of nitrogens with one attached hydrogen (secondary N) is 1. The van der Waals surface area contributed by atoms with Crippen LogP contribution < -0.4 is 14.8 Å². The summed E-state index contributed by atoms with van der Waals surface area (Å²) in [6.07, 6.45) is 0. The number of hydrogen-bond donors (Lipinski definition) is 6. The number of aryl methyl sites for hydroxylation is 2. The van der Waals surface area contributed by atoms with Crippen molar-refractivity contribution in [3.05, 3.63) is 96.1 Å². The number of aliphatic hydroxyl groups excluding tert-OH is 1. The zero-order valence-electron chi connectivity index (χ0n) is 36.3. The zero-order valence-corrected chi connectivity index (χ0v) is 39.5. The molecule has 0 fully saturated rings. The molecule has 29 heteroatoms. The third kappa shape index (κ3) is 13.6. The normalized spacial score (nSPS) is 12.3. The Hall–Kier alpha value is -4.06. The second-order valence-electron chi connectivity index (χ2n) is 13.2. The van der Waals surface area contributed by atoms with Crippen LogP contribution in [0.1, 0.15) is 11.1 Å². The van der Waals surface area contributed by atoms with Gasteiger partial charge in [-0.25, -0.2) is 0 Å². The number of rotatable bonds is 12. The van der Waals surface area contributed by atoms with Crippen LogP contribution in [-0.4, -0.2) is 153 Å². The number of hydrogen-bond acceptors (Lipinski definition) is 15. The first kappa shape index (κ1) is 58.1. The molecule has 0 bridgehead atoms. The van der Waals surface area contributed by atoms with Gasteiger partial charge in [0.05, 0.1) is 52.4 Å². The molecule has 0 aliphatic carbocycles. The molecular weight excluding hydrogens is 924 g/mol. The minimum atomic E-state index is -4.94. The van der Waals surface area contributed by atoms with Crippen molar-refractivity contribution in [1.82, 2.24) is 0 Å². The summed E-state index contributed by atoms with van der Waals surface area (Å²) in [6, 6.07) is 16.7. The Labute approximate surface area is 426 Å². The van der Waals surface area contributed by atoms with Crippen molar-refractivity contribution < 1.29 is 66.5 Å². The van der Waals surface area contributed by atoms with E-state index in [4.69, 9.17) is 9.47 Å². The molecule has 66 heavy (non-hydrogen) atoms. The Morgan fingerprint density at radius 2 is 0.909 bits per heavy atom. The van der Waals surface area contributed by atoms with Gasteiger partial charge in [-0.1, -0.05) is 12.1 Å². The Balaban J connectivity index is 0.00000374. The van der Waals surface area contributed by atoms with Crippen LogP contribution in [-0.2, 0) is 40.5 Å². The molecule has 6 aromatic rings. The van der Waals surface area contributed by atoms with E-state index in [0.717, 1.165) is 12.1 Å². The van der Waals surface area contributed by atoms with Crippen molar-refractivity contribution in [2.75, 3.05) is 19.5 Å². The van der Waals surface area contributed by atoms with Gasteiger partial charge in [0.2, 0.25) is 0 Å². The van der Waals surface area contributed by atoms with Crippen LogP contribution in [0.2, 0.25) is 0 Å². The first-order chi connectivity index (χ1) is 28.8. The number of anilines is 1. The fraction of sp³-hybridized carbons (Fsp3) is 0.108. The topological polar surface area (TPSA) is 330 Å². The van der Waals surface area contributed by atoms with Gasteiger partial charge in [-0.2, -0.15) is 59.1 Å². The van der Waals surface area contributed by atoms with E-state index in [1.54, 1.807) is 19.9 Å². The third-order valence-corrected chi connectivity index (χ3v) is 12.4. The van der Waals surface area contributed by atoms with Gasteiger partial charge in [0, 0.05) is 98.3 Å². The molecule has 6 aromatic carbocycles. The molecule has 0 heterocycles. The van der Waals surface area contributed by atoms with Gasteiger partial charge >= 0.3 is 0 Å². The molecule has 4 radical (unpaired) electrons. The van der Waals surface area contributed by atoms with Gasteiger partial charge in [0.1, 0.15) is 27.0 Å². The quantitative estimate of drug-likeness (QED) is 0.0248. The number of benzene rings is 6. The van der Waals surface area contributed by atoms with E-state index in [2.05, 4.69) is 30.8 Å². The summed E-state index contributed by atoms with van der Waals surface area (Å²) < 4.78 is 144. The van der Waals surface area contributed by atoms with E-state index in [1.807, 2.05) is 0 Å². The number of aliphatic imine (C=N–C) groups is 1. The van der Waals surface area contributed by atoms with Crippen LogP contribution in [0, 0.1) is 13.8 Å². The molecule has 0 aromatic heterocycles. The molecule has 21 nitrogen and oxygen atoms in total. The number of methoxy groups -OCH3 is 2. The van der Waals surface area contributed by atoms with Crippen LogP contribution in [0.15, 0.2) is 130 Å². The molecule has 6 N–H and O–H groups in total. The van der Waals surface area contributed by atoms with E-state index in [9.17, 15) is 57.0 Å². The van der Waals surface area contributed by atoms with Crippen molar-refractivity contribution in [1.29, 1.82) is 0 Å². The van der Waals surface area contributed by atoms with Crippen molar-refractivity contribution >= 4 is 178 Å². The van der Waals surface area contributed by atoms with E-state index < -0.39 is 66.1 Å². The SMILES string of the molecule is COc1cc(N=Nc2ccc3cc(S(=O)(=O)O)cc(S(=O)(=O)O)c3c2)c(C)cc1N=C(O)Nc1cc(C)c(N=Nc2ccc3cc(S(=O)(=O)O)cc(S(=O)(=O)O)c3c2)cc1OC.[Li].[Li].[Li].[Li]. The predicted molar refractivity (Wildman–Crippen MR) is 247 cm³/mol. The summed E-state index contributed by atoms with van der Waals surface area (Å²) in [5.74, 6) is 0.337. The summed E-state index contributed by atoms with van der Waals surface area (Å²) in [4.78, 5) is 1.21. The fourth-order valence-electron chi connectivity index (χ4n) is 5.98. The Bertz CT molecular complexity index is 3420. The minimum absolute atomic E-state index is 0. The van der Waals surface area contributed by atoms with E-state index in [0.29, 0.717) is 23.3 Å². The van der Waals surface area contributed by atoms with E-state index >= 15 is 0 Å². The van der Waals surface area contributed by atoms with Crippen LogP contribution in [0.5, 0.6) is 11.5 Å². The second-order valence-corrected chi connectivity index (χ2v) is 18.8. The van der Waals surface area contributed by atoms with Gasteiger partial charge in [0.15, 0.2) is 0 Å². The average molecular weight is 957 g/mol. The Kier molecular flexibility index (Phi) is 19.7. The number of azo groups is 2. The van der Waals surface area contributed by atoms with Crippen molar-refractivity contribution in [3.63, 3.8) is 0 Å². The predicted octanol–water partition coefficient (Wildman–Crippen LogP) is 6.58. The summed E-state index contributed by atoms with van der Waals surface area (Å²) in [5, 5.41) is 30.3. The number of nitrogens with zero attached hydrogens (tertiary/aromatic N) is 5.